The zero-order valence-corrected chi connectivity index (χ0v) is 13.3. The van der Waals surface area contributed by atoms with Crippen LogP contribution in [-0.4, -0.2) is 37.7 Å². The molecule has 0 amide bonds. The molecule has 2 aliphatic heterocycles. The quantitative estimate of drug-likeness (QED) is 0.920. The first-order valence-corrected chi connectivity index (χ1v) is 8.39. The van der Waals surface area contributed by atoms with Crippen molar-refractivity contribution in [2.24, 2.45) is 5.92 Å². The van der Waals surface area contributed by atoms with E-state index in [1.165, 1.54) is 50.9 Å². The van der Waals surface area contributed by atoms with Gasteiger partial charge in [0.2, 0.25) is 0 Å². The van der Waals surface area contributed by atoms with Crippen LogP contribution >= 0.6 is 0 Å². The van der Waals surface area contributed by atoms with Gasteiger partial charge >= 0.3 is 0 Å². The highest BCUT2D eigenvalue weighted by molar-refractivity contribution is 5.30. The van der Waals surface area contributed by atoms with E-state index in [1.54, 1.807) is 7.11 Å². The number of ether oxygens (including phenoxy) is 1. The summed E-state index contributed by atoms with van der Waals surface area (Å²) in [6.45, 7) is 6.00. The van der Waals surface area contributed by atoms with Crippen molar-refractivity contribution in [3.8, 4) is 5.75 Å². The summed E-state index contributed by atoms with van der Waals surface area (Å²) in [5, 5.41) is 3.68. The molecule has 2 saturated heterocycles. The standard InChI is InChI=1S/C18H28N2O/c1-14(16-5-3-6-17(13-16)21-2)20-11-8-15(9-12-20)18-7-4-10-19-18/h3,5-6,13-15,18-19H,4,7-12H2,1-2H3. The SMILES string of the molecule is COc1cccc(C(C)N2CCC(C3CCCN3)CC2)c1. The van der Waals surface area contributed by atoms with Crippen molar-refractivity contribution in [1.82, 2.24) is 10.2 Å². The maximum absolute atomic E-state index is 5.35. The summed E-state index contributed by atoms with van der Waals surface area (Å²) in [5.74, 6) is 1.85. The fourth-order valence-corrected chi connectivity index (χ4v) is 3.94. The first kappa shape index (κ1) is 14.9. The van der Waals surface area contributed by atoms with Crippen LogP contribution in [0.15, 0.2) is 24.3 Å². The molecule has 0 aliphatic carbocycles. The van der Waals surface area contributed by atoms with Crippen LogP contribution in [0.1, 0.15) is 44.2 Å². The van der Waals surface area contributed by atoms with Gasteiger partial charge in [-0.1, -0.05) is 12.1 Å². The molecule has 0 aromatic heterocycles. The maximum atomic E-state index is 5.35. The molecule has 2 fully saturated rings. The molecule has 0 radical (unpaired) electrons. The van der Waals surface area contributed by atoms with Crippen LogP contribution < -0.4 is 10.1 Å². The number of methoxy groups -OCH3 is 1. The lowest BCUT2D eigenvalue weighted by molar-refractivity contribution is 0.126. The Labute approximate surface area is 128 Å². The van der Waals surface area contributed by atoms with E-state index in [0.29, 0.717) is 6.04 Å². The van der Waals surface area contributed by atoms with Crippen molar-refractivity contribution in [3.63, 3.8) is 0 Å². The largest absolute Gasteiger partial charge is 0.497 e. The number of likely N-dealkylation sites (tertiary alicyclic amines) is 1. The molecule has 1 aromatic rings. The molecular formula is C18H28N2O. The first-order valence-electron chi connectivity index (χ1n) is 8.39. The monoisotopic (exact) mass is 288 g/mol. The van der Waals surface area contributed by atoms with Crippen molar-refractivity contribution >= 4 is 0 Å². The van der Waals surface area contributed by atoms with Crippen molar-refractivity contribution in [1.29, 1.82) is 0 Å². The fraction of sp³-hybridized carbons (Fsp3) is 0.667. The van der Waals surface area contributed by atoms with E-state index in [2.05, 4.69) is 35.3 Å². The molecule has 2 unspecified atom stereocenters. The summed E-state index contributed by atoms with van der Waals surface area (Å²) in [4.78, 5) is 2.63. The number of rotatable bonds is 4. The van der Waals surface area contributed by atoms with E-state index < -0.39 is 0 Å². The highest BCUT2D eigenvalue weighted by Gasteiger charge is 2.30. The Morgan fingerprint density at radius 3 is 2.71 bits per heavy atom. The molecule has 3 nitrogen and oxygen atoms in total. The topological polar surface area (TPSA) is 24.5 Å². The zero-order valence-electron chi connectivity index (χ0n) is 13.3. The van der Waals surface area contributed by atoms with E-state index in [1.807, 2.05) is 6.07 Å². The minimum Gasteiger partial charge on any atom is -0.497 e. The first-order chi connectivity index (χ1) is 10.3. The van der Waals surface area contributed by atoms with Gasteiger partial charge in [0.05, 0.1) is 7.11 Å². The number of benzene rings is 1. The lowest BCUT2D eigenvalue weighted by Crippen LogP contribution is -2.41. The van der Waals surface area contributed by atoms with Gasteiger partial charge in [0.15, 0.2) is 0 Å². The lowest BCUT2D eigenvalue weighted by Gasteiger charge is -2.38. The molecular weight excluding hydrogens is 260 g/mol. The molecule has 1 N–H and O–H groups in total. The van der Waals surface area contributed by atoms with Crippen LogP contribution in [0, 0.1) is 5.92 Å². The number of nitrogens with one attached hydrogen (secondary N) is 1. The second kappa shape index (κ2) is 6.80. The second-order valence-electron chi connectivity index (χ2n) is 6.53. The van der Waals surface area contributed by atoms with Gasteiger partial charge in [-0.25, -0.2) is 0 Å². The summed E-state index contributed by atoms with van der Waals surface area (Å²) >= 11 is 0. The number of hydrogen-bond donors (Lipinski definition) is 1. The minimum atomic E-state index is 0.484. The summed E-state index contributed by atoms with van der Waals surface area (Å²) in [5.41, 5.74) is 1.37. The van der Waals surface area contributed by atoms with Gasteiger partial charge in [-0.3, -0.25) is 4.90 Å². The molecule has 0 spiro atoms. The van der Waals surface area contributed by atoms with Crippen LogP contribution in [0.3, 0.4) is 0 Å². The molecule has 3 rings (SSSR count). The predicted molar refractivity (Wildman–Crippen MR) is 86.7 cm³/mol. The Hall–Kier alpha value is -1.06. The van der Waals surface area contributed by atoms with Crippen LogP contribution in [0.5, 0.6) is 5.75 Å². The highest BCUT2D eigenvalue weighted by Crippen LogP contribution is 2.31. The third kappa shape index (κ3) is 3.41. The summed E-state index contributed by atoms with van der Waals surface area (Å²) in [7, 11) is 1.74. The van der Waals surface area contributed by atoms with Crippen molar-refractivity contribution in [3.05, 3.63) is 29.8 Å². The number of piperidine rings is 1. The van der Waals surface area contributed by atoms with Gasteiger partial charge in [-0.15, -0.1) is 0 Å². The van der Waals surface area contributed by atoms with E-state index in [4.69, 9.17) is 4.74 Å². The van der Waals surface area contributed by atoms with Gasteiger partial charge in [0, 0.05) is 12.1 Å². The maximum Gasteiger partial charge on any atom is 0.119 e. The van der Waals surface area contributed by atoms with Gasteiger partial charge in [0.1, 0.15) is 5.75 Å². The van der Waals surface area contributed by atoms with Gasteiger partial charge in [0.25, 0.3) is 0 Å². The molecule has 1 aromatic carbocycles. The normalized spacial score (nSPS) is 25.9. The average Bonchev–Trinajstić information content (AvgIpc) is 3.09. The molecule has 3 heteroatoms. The van der Waals surface area contributed by atoms with E-state index in [-0.39, 0.29) is 0 Å². The van der Waals surface area contributed by atoms with Crippen LogP contribution in [0.25, 0.3) is 0 Å². The van der Waals surface area contributed by atoms with E-state index >= 15 is 0 Å². The van der Waals surface area contributed by atoms with Gasteiger partial charge < -0.3 is 10.1 Å². The van der Waals surface area contributed by atoms with Crippen molar-refractivity contribution in [2.75, 3.05) is 26.7 Å². The average molecular weight is 288 g/mol. The van der Waals surface area contributed by atoms with Crippen LogP contribution in [0.4, 0.5) is 0 Å². The number of nitrogens with zero attached hydrogens (tertiary/aromatic N) is 1. The van der Waals surface area contributed by atoms with Crippen LogP contribution in [-0.2, 0) is 0 Å². The van der Waals surface area contributed by atoms with Gasteiger partial charge in [-0.05, 0) is 75.9 Å². The minimum absolute atomic E-state index is 0.484. The third-order valence-electron chi connectivity index (χ3n) is 5.37. The van der Waals surface area contributed by atoms with Crippen LogP contribution in [0.2, 0.25) is 0 Å². The molecule has 21 heavy (non-hydrogen) atoms. The summed E-state index contributed by atoms with van der Waals surface area (Å²) < 4.78 is 5.35. The zero-order chi connectivity index (χ0) is 14.7. The van der Waals surface area contributed by atoms with E-state index in [9.17, 15) is 0 Å². The Balaban J connectivity index is 1.57. The van der Waals surface area contributed by atoms with Crippen molar-refractivity contribution < 1.29 is 4.74 Å². The fourth-order valence-electron chi connectivity index (χ4n) is 3.94. The molecule has 2 aliphatic rings. The number of hydrogen-bond acceptors (Lipinski definition) is 3. The van der Waals surface area contributed by atoms with E-state index in [0.717, 1.165) is 17.7 Å². The Morgan fingerprint density at radius 2 is 2.05 bits per heavy atom. The predicted octanol–water partition coefficient (Wildman–Crippen LogP) is 3.22. The summed E-state index contributed by atoms with van der Waals surface area (Å²) in [6, 6.07) is 9.79. The lowest BCUT2D eigenvalue weighted by atomic mass is 9.87. The molecule has 0 bridgehead atoms. The van der Waals surface area contributed by atoms with Gasteiger partial charge in [-0.2, -0.15) is 0 Å². The Bertz CT molecular complexity index is 448. The highest BCUT2D eigenvalue weighted by atomic mass is 16.5. The smallest absolute Gasteiger partial charge is 0.119 e. The molecule has 2 atom stereocenters. The Kier molecular flexibility index (Phi) is 4.81. The van der Waals surface area contributed by atoms with Crippen molar-refractivity contribution in [2.45, 2.75) is 44.7 Å². The molecule has 2 heterocycles. The third-order valence-corrected chi connectivity index (χ3v) is 5.37. The Morgan fingerprint density at radius 1 is 1.24 bits per heavy atom. The second-order valence-corrected chi connectivity index (χ2v) is 6.53. The summed E-state index contributed by atoms with van der Waals surface area (Å²) in [6.07, 6.45) is 5.43. The molecule has 116 valence electrons. The molecule has 0 saturated carbocycles.